The monoisotopic (exact) mass is 310 g/mol. The van der Waals surface area contributed by atoms with Crippen LogP contribution in [-0.4, -0.2) is 17.6 Å². The summed E-state index contributed by atoms with van der Waals surface area (Å²) in [5, 5.41) is 4.79. The molecule has 1 aromatic heterocycles. The Morgan fingerprint density at radius 3 is 2.52 bits per heavy atom. The highest BCUT2D eigenvalue weighted by molar-refractivity contribution is 7.11. The van der Waals surface area contributed by atoms with Crippen LogP contribution >= 0.6 is 11.3 Å². The third-order valence-corrected chi connectivity index (χ3v) is 4.88. The Balaban J connectivity index is 2.15. The van der Waals surface area contributed by atoms with Crippen LogP contribution in [0.3, 0.4) is 0 Å². The molecule has 1 N–H and O–H groups in total. The molecule has 1 heterocycles. The van der Waals surface area contributed by atoms with Crippen molar-refractivity contribution in [2.45, 2.75) is 72.6 Å². The van der Waals surface area contributed by atoms with Crippen LogP contribution in [0.4, 0.5) is 0 Å². The van der Waals surface area contributed by atoms with Gasteiger partial charge >= 0.3 is 0 Å². The number of aromatic nitrogens is 1. The van der Waals surface area contributed by atoms with Crippen LogP contribution in [0.25, 0.3) is 0 Å². The minimum absolute atomic E-state index is 0.139. The molecule has 1 saturated carbocycles. The number of hydrogen-bond donors (Lipinski definition) is 1. The van der Waals surface area contributed by atoms with E-state index in [0.717, 1.165) is 30.6 Å². The van der Waals surface area contributed by atoms with E-state index >= 15 is 0 Å². The van der Waals surface area contributed by atoms with Crippen LogP contribution in [0.2, 0.25) is 0 Å². The molecular formula is C17H30N2OS. The summed E-state index contributed by atoms with van der Waals surface area (Å²) >= 11 is 1.85. The SMILES string of the molecule is CCOC(c1nc(CC(C)C)c(CNC2CC2)s1)C(C)C. The van der Waals surface area contributed by atoms with Crippen molar-refractivity contribution >= 4 is 11.3 Å². The molecule has 0 aliphatic heterocycles. The topological polar surface area (TPSA) is 34.1 Å². The zero-order valence-electron chi connectivity index (χ0n) is 14.1. The third-order valence-electron chi connectivity index (χ3n) is 3.72. The van der Waals surface area contributed by atoms with Crippen molar-refractivity contribution < 1.29 is 4.74 Å². The largest absolute Gasteiger partial charge is 0.371 e. The normalized spacial score (nSPS) is 16.9. The predicted molar refractivity (Wildman–Crippen MR) is 89.7 cm³/mol. The van der Waals surface area contributed by atoms with E-state index < -0.39 is 0 Å². The van der Waals surface area contributed by atoms with Crippen molar-refractivity contribution in [3.8, 4) is 0 Å². The van der Waals surface area contributed by atoms with Gasteiger partial charge in [0.15, 0.2) is 0 Å². The molecule has 1 aliphatic carbocycles. The van der Waals surface area contributed by atoms with Gasteiger partial charge in [-0.15, -0.1) is 11.3 Å². The Bertz CT molecular complexity index is 438. The Kier molecular flexibility index (Phi) is 6.20. The second-order valence-corrected chi connectivity index (χ2v) is 7.91. The van der Waals surface area contributed by atoms with Gasteiger partial charge in [0.25, 0.3) is 0 Å². The molecule has 0 aromatic carbocycles. The van der Waals surface area contributed by atoms with Gasteiger partial charge in [-0.3, -0.25) is 0 Å². The zero-order chi connectivity index (χ0) is 15.4. The Hall–Kier alpha value is -0.450. The van der Waals surface area contributed by atoms with Gasteiger partial charge in [-0.25, -0.2) is 4.98 Å². The van der Waals surface area contributed by atoms with E-state index in [1.165, 1.54) is 23.4 Å². The Labute approximate surface area is 133 Å². The molecule has 3 nitrogen and oxygen atoms in total. The highest BCUT2D eigenvalue weighted by atomic mass is 32.1. The number of ether oxygens (including phenoxy) is 1. The minimum atomic E-state index is 0.139. The van der Waals surface area contributed by atoms with E-state index in [2.05, 4.69) is 39.9 Å². The first-order valence-electron chi connectivity index (χ1n) is 8.34. The highest BCUT2D eigenvalue weighted by Crippen LogP contribution is 2.32. The summed E-state index contributed by atoms with van der Waals surface area (Å²) in [4.78, 5) is 6.36. The highest BCUT2D eigenvalue weighted by Gasteiger charge is 2.25. The number of thiazole rings is 1. The molecule has 0 saturated heterocycles. The number of rotatable bonds is 9. The maximum Gasteiger partial charge on any atom is 0.122 e. The van der Waals surface area contributed by atoms with Gasteiger partial charge in [0.2, 0.25) is 0 Å². The lowest BCUT2D eigenvalue weighted by Crippen LogP contribution is -2.15. The van der Waals surface area contributed by atoms with Gasteiger partial charge in [-0.1, -0.05) is 27.7 Å². The van der Waals surface area contributed by atoms with E-state index in [0.29, 0.717) is 11.8 Å². The van der Waals surface area contributed by atoms with E-state index in [1.807, 2.05) is 11.3 Å². The molecule has 1 atom stereocenters. The molecule has 1 unspecified atom stereocenters. The molecule has 0 spiro atoms. The summed E-state index contributed by atoms with van der Waals surface area (Å²) in [5.41, 5.74) is 1.28. The van der Waals surface area contributed by atoms with Crippen LogP contribution in [0.5, 0.6) is 0 Å². The first kappa shape index (κ1) is 16.9. The lowest BCUT2D eigenvalue weighted by molar-refractivity contribution is 0.0292. The van der Waals surface area contributed by atoms with Crippen LogP contribution in [0.1, 0.15) is 69.1 Å². The fourth-order valence-corrected chi connectivity index (χ4v) is 3.73. The maximum atomic E-state index is 5.93. The number of nitrogens with zero attached hydrogens (tertiary/aromatic N) is 1. The van der Waals surface area contributed by atoms with Crippen molar-refractivity contribution in [2.24, 2.45) is 11.8 Å². The van der Waals surface area contributed by atoms with Gasteiger partial charge in [-0.2, -0.15) is 0 Å². The summed E-state index contributed by atoms with van der Waals surface area (Å²) in [6, 6.07) is 0.746. The molecule has 0 amide bonds. The molecule has 21 heavy (non-hydrogen) atoms. The second-order valence-electron chi connectivity index (χ2n) is 6.80. The van der Waals surface area contributed by atoms with Crippen LogP contribution in [0, 0.1) is 11.8 Å². The van der Waals surface area contributed by atoms with Gasteiger partial charge in [-0.05, 0) is 38.0 Å². The van der Waals surface area contributed by atoms with Crippen LogP contribution < -0.4 is 5.32 Å². The second kappa shape index (κ2) is 7.70. The summed E-state index contributed by atoms with van der Waals surface area (Å²) in [6.45, 7) is 12.7. The summed E-state index contributed by atoms with van der Waals surface area (Å²) in [6.07, 6.45) is 3.87. The van der Waals surface area contributed by atoms with Crippen molar-refractivity contribution in [3.63, 3.8) is 0 Å². The number of hydrogen-bond acceptors (Lipinski definition) is 4. The van der Waals surface area contributed by atoms with E-state index in [1.54, 1.807) is 0 Å². The van der Waals surface area contributed by atoms with E-state index in [9.17, 15) is 0 Å². The van der Waals surface area contributed by atoms with Gasteiger partial charge in [0.05, 0.1) is 5.69 Å². The molecule has 4 heteroatoms. The summed E-state index contributed by atoms with van der Waals surface area (Å²) in [5.74, 6) is 1.11. The van der Waals surface area contributed by atoms with Crippen LogP contribution in [0.15, 0.2) is 0 Å². The average molecular weight is 311 g/mol. The van der Waals surface area contributed by atoms with Crippen LogP contribution in [-0.2, 0) is 17.7 Å². The lowest BCUT2D eigenvalue weighted by Gasteiger charge is -2.18. The van der Waals surface area contributed by atoms with Gasteiger partial charge < -0.3 is 10.1 Å². The van der Waals surface area contributed by atoms with Gasteiger partial charge in [0.1, 0.15) is 11.1 Å². The molecule has 120 valence electrons. The standard InChI is InChI=1S/C17H30N2OS/c1-6-20-16(12(4)5)17-19-14(9-11(2)3)15(21-17)10-18-13-7-8-13/h11-13,16,18H,6-10H2,1-5H3. The molecule has 2 rings (SSSR count). The first-order valence-corrected chi connectivity index (χ1v) is 9.16. The third kappa shape index (κ3) is 5.04. The smallest absolute Gasteiger partial charge is 0.122 e. The Morgan fingerprint density at radius 2 is 2.00 bits per heavy atom. The molecule has 1 aliphatic rings. The van der Waals surface area contributed by atoms with Crippen molar-refractivity contribution in [3.05, 3.63) is 15.6 Å². The zero-order valence-corrected chi connectivity index (χ0v) is 14.9. The quantitative estimate of drug-likeness (QED) is 0.737. The number of nitrogens with one attached hydrogen (secondary N) is 1. The lowest BCUT2D eigenvalue weighted by atomic mass is 10.1. The van der Waals surface area contributed by atoms with E-state index in [-0.39, 0.29) is 6.10 Å². The first-order chi connectivity index (χ1) is 10.0. The fraction of sp³-hybridized carbons (Fsp3) is 0.824. The van der Waals surface area contributed by atoms with Crippen molar-refractivity contribution in [1.29, 1.82) is 0 Å². The van der Waals surface area contributed by atoms with E-state index in [4.69, 9.17) is 9.72 Å². The molecule has 0 radical (unpaired) electrons. The molecule has 0 bridgehead atoms. The average Bonchev–Trinajstić information content (AvgIpc) is 3.15. The van der Waals surface area contributed by atoms with Crippen molar-refractivity contribution in [1.82, 2.24) is 10.3 Å². The fourth-order valence-electron chi connectivity index (χ4n) is 2.46. The molecule has 1 fully saturated rings. The summed E-state index contributed by atoms with van der Waals surface area (Å²) < 4.78 is 5.93. The maximum absolute atomic E-state index is 5.93. The molecular weight excluding hydrogens is 280 g/mol. The molecule has 1 aromatic rings. The summed E-state index contributed by atoms with van der Waals surface area (Å²) in [7, 11) is 0. The van der Waals surface area contributed by atoms with Gasteiger partial charge in [0, 0.05) is 24.1 Å². The minimum Gasteiger partial charge on any atom is -0.371 e. The Morgan fingerprint density at radius 1 is 1.29 bits per heavy atom. The predicted octanol–water partition coefficient (Wildman–Crippen LogP) is 4.33. The van der Waals surface area contributed by atoms with Crippen molar-refractivity contribution in [2.75, 3.05) is 6.61 Å².